The second-order valence-electron chi connectivity index (χ2n) is 6.44. The normalized spacial score (nSPS) is 11.0. The van der Waals surface area contributed by atoms with Crippen LogP contribution in [0.3, 0.4) is 0 Å². The lowest BCUT2D eigenvalue weighted by Gasteiger charge is -2.12. The zero-order chi connectivity index (χ0) is 18.1. The predicted octanol–water partition coefficient (Wildman–Crippen LogP) is 4.03. The van der Waals surface area contributed by atoms with Crippen molar-refractivity contribution in [3.05, 3.63) is 71.0 Å². The van der Waals surface area contributed by atoms with Gasteiger partial charge in [0, 0.05) is 18.4 Å². The monoisotopic (exact) mass is 341 g/mol. The van der Waals surface area contributed by atoms with Crippen molar-refractivity contribution in [3.63, 3.8) is 0 Å². The number of hydrogen-bond acceptors (Lipinski definition) is 4. The largest absolute Gasteiger partial charge is 0.371 e. The molecule has 0 aliphatic rings. The number of pyridine rings is 2. The molecule has 0 amide bonds. The Hall–Kier alpha value is -3.39. The minimum Gasteiger partial charge on any atom is -0.371 e. The van der Waals surface area contributed by atoms with Crippen LogP contribution in [0.4, 0.5) is 5.82 Å². The van der Waals surface area contributed by atoms with Crippen molar-refractivity contribution in [1.29, 1.82) is 5.26 Å². The van der Waals surface area contributed by atoms with Gasteiger partial charge in [-0.05, 0) is 55.7 Å². The summed E-state index contributed by atoms with van der Waals surface area (Å²) in [5.41, 5.74) is 6.35. The highest BCUT2D eigenvalue weighted by atomic mass is 15.1. The summed E-state index contributed by atoms with van der Waals surface area (Å²) >= 11 is 0. The summed E-state index contributed by atoms with van der Waals surface area (Å²) < 4.78 is 2.04. The molecule has 0 saturated heterocycles. The number of nitriles is 1. The summed E-state index contributed by atoms with van der Waals surface area (Å²) in [6.45, 7) is 4.72. The Labute approximate surface area is 151 Å². The Bertz CT molecular complexity index is 1130. The van der Waals surface area contributed by atoms with E-state index in [0.717, 1.165) is 41.1 Å². The Morgan fingerprint density at radius 3 is 2.77 bits per heavy atom. The number of hydrogen-bond donors (Lipinski definition) is 1. The lowest BCUT2D eigenvalue weighted by molar-refractivity contribution is 0.980. The number of nitrogens with one attached hydrogen (secondary N) is 1. The van der Waals surface area contributed by atoms with Crippen molar-refractivity contribution in [2.24, 2.45) is 0 Å². The quantitative estimate of drug-likeness (QED) is 0.609. The van der Waals surface area contributed by atoms with Crippen LogP contribution in [0.15, 0.2) is 48.7 Å². The summed E-state index contributed by atoms with van der Waals surface area (Å²) in [5.74, 6) is 0.949. The lowest BCUT2D eigenvalue weighted by Crippen LogP contribution is -2.10. The van der Waals surface area contributed by atoms with Crippen LogP contribution in [-0.2, 0) is 6.42 Å². The van der Waals surface area contributed by atoms with E-state index in [0.29, 0.717) is 11.2 Å². The smallest absolute Gasteiger partial charge is 0.157 e. The first kappa shape index (κ1) is 16.1. The van der Waals surface area contributed by atoms with E-state index in [1.807, 2.05) is 60.8 Å². The molecule has 0 spiro atoms. The van der Waals surface area contributed by atoms with Crippen LogP contribution in [0.2, 0.25) is 0 Å². The molecule has 0 saturated carbocycles. The first-order valence-electron chi connectivity index (χ1n) is 8.63. The first-order valence-corrected chi connectivity index (χ1v) is 8.63. The molecule has 5 heteroatoms. The molecule has 0 aliphatic heterocycles. The third-order valence-corrected chi connectivity index (χ3v) is 4.58. The molecule has 0 fully saturated rings. The van der Waals surface area contributed by atoms with Gasteiger partial charge in [0.2, 0.25) is 0 Å². The van der Waals surface area contributed by atoms with Gasteiger partial charge in [0.05, 0.1) is 16.6 Å². The van der Waals surface area contributed by atoms with Crippen LogP contribution in [0.1, 0.15) is 22.4 Å². The molecule has 3 heterocycles. The molecule has 128 valence electrons. The van der Waals surface area contributed by atoms with Gasteiger partial charge in [-0.1, -0.05) is 18.2 Å². The highest BCUT2D eigenvalue weighted by Gasteiger charge is 2.14. The van der Waals surface area contributed by atoms with E-state index >= 15 is 0 Å². The van der Waals surface area contributed by atoms with Crippen LogP contribution >= 0.6 is 0 Å². The number of benzene rings is 1. The predicted molar refractivity (Wildman–Crippen MR) is 103 cm³/mol. The van der Waals surface area contributed by atoms with Gasteiger partial charge in [-0.15, -0.1) is 0 Å². The fourth-order valence-corrected chi connectivity index (χ4v) is 3.21. The van der Waals surface area contributed by atoms with E-state index in [-0.39, 0.29) is 0 Å². The fraction of sp³-hybridized carbons (Fsp3) is 0.190. The Morgan fingerprint density at radius 2 is 2.00 bits per heavy atom. The molecular weight excluding hydrogens is 322 g/mol. The minimum absolute atomic E-state index is 0.620. The van der Waals surface area contributed by atoms with Gasteiger partial charge in [0.15, 0.2) is 5.65 Å². The Morgan fingerprint density at radius 1 is 1.15 bits per heavy atom. The molecule has 0 unspecified atom stereocenters. The van der Waals surface area contributed by atoms with Gasteiger partial charge in [-0.3, -0.25) is 9.38 Å². The van der Waals surface area contributed by atoms with Gasteiger partial charge < -0.3 is 5.32 Å². The van der Waals surface area contributed by atoms with E-state index in [9.17, 15) is 5.26 Å². The maximum atomic E-state index is 9.55. The lowest BCUT2D eigenvalue weighted by atomic mass is 10.1. The van der Waals surface area contributed by atoms with Gasteiger partial charge in [-0.2, -0.15) is 5.26 Å². The Kier molecular flexibility index (Phi) is 4.02. The number of fused-ring (bicyclic) bond motifs is 3. The van der Waals surface area contributed by atoms with Crippen LogP contribution in [0.25, 0.3) is 16.7 Å². The average Bonchev–Trinajstić information content (AvgIpc) is 3.03. The van der Waals surface area contributed by atoms with Crippen LogP contribution in [0, 0.1) is 25.2 Å². The number of para-hydroxylation sites is 2. The standard InChI is InChI=1S/C21H19N5/c1-14-11-20(23-10-9-16-8-7-15(2)24-13-16)26-19-6-4-3-5-18(19)25-21(26)17(14)12-22/h3-8,11,13,23H,9-10H2,1-2H3. The minimum atomic E-state index is 0.620. The maximum absolute atomic E-state index is 9.55. The highest BCUT2D eigenvalue weighted by molar-refractivity contribution is 5.85. The molecule has 5 nitrogen and oxygen atoms in total. The number of imidazole rings is 1. The molecule has 3 aromatic heterocycles. The average molecular weight is 341 g/mol. The van der Waals surface area contributed by atoms with E-state index in [2.05, 4.69) is 27.4 Å². The van der Waals surface area contributed by atoms with Gasteiger partial charge in [-0.25, -0.2) is 4.98 Å². The molecule has 0 radical (unpaired) electrons. The van der Waals surface area contributed by atoms with Crippen molar-refractivity contribution in [2.75, 3.05) is 11.9 Å². The molecule has 0 bridgehead atoms. The zero-order valence-electron chi connectivity index (χ0n) is 14.8. The van der Waals surface area contributed by atoms with E-state index < -0.39 is 0 Å². The second-order valence-corrected chi connectivity index (χ2v) is 6.44. The van der Waals surface area contributed by atoms with Crippen molar-refractivity contribution in [3.8, 4) is 6.07 Å². The highest BCUT2D eigenvalue weighted by Crippen LogP contribution is 2.26. The van der Waals surface area contributed by atoms with E-state index in [1.165, 1.54) is 5.56 Å². The molecule has 4 rings (SSSR count). The van der Waals surface area contributed by atoms with Crippen molar-refractivity contribution in [2.45, 2.75) is 20.3 Å². The summed E-state index contributed by atoms with van der Waals surface area (Å²) in [7, 11) is 0. The van der Waals surface area contributed by atoms with Gasteiger partial charge >= 0.3 is 0 Å². The van der Waals surface area contributed by atoms with Gasteiger partial charge in [0.1, 0.15) is 11.9 Å². The summed E-state index contributed by atoms with van der Waals surface area (Å²) in [6, 6.07) is 16.4. The summed E-state index contributed by atoms with van der Waals surface area (Å²) in [4.78, 5) is 9.02. The number of rotatable bonds is 4. The number of nitrogens with zero attached hydrogens (tertiary/aromatic N) is 4. The molecular formula is C21H19N5. The van der Waals surface area contributed by atoms with Crippen molar-refractivity contribution >= 4 is 22.5 Å². The second kappa shape index (κ2) is 6.49. The maximum Gasteiger partial charge on any atom is 0.157 e. The first-order chi connectivity index (χ1) is 12.7. The fourth-order valence-electron chi connectivity index (χ4n) is 3.21. The van der Waals surface area contributed by atoms with E-state index in [1.54, 1.807) is 0 Å². The topological polar surface area (TPSA) is 66.0 Å². The molecule has 26 heavy (non-hydrogen) atoms. The number of aromatic nitrogens is 3. The number of anilines is 1. The summed E-state index contributed by atoms with van der Waals surface area (Å²) in [5, 5.41) is 13.1. The van der Waals surface area contributed by atoms with Crippen molar-refractivity contribution in [1.82, 2.24) is 14.4 Å². The summed E-state index contributed by atoms with van der Waals surface area (Å²) in [6.07, 6.45) is 2.80. The molecule has 4 aromatic rings. The van der Waals surface area contributed by atoms with Crippen LogP contribution < -0.4 is 5.32 Å². The third-order valence-electron chi connectivity index (χ3n) is 4.58. The Balaban J connectivity index is 1.72. The zero-order valence-corrected chi connectivity index (χ0v) is 14.8. The van der Waals surface area contributed by atoms with E-state index in [4.69, 9.17) is 0 Å². The van der Waals surface area contributed by atoms with Gasteiger partial charge in [0.25, 0.3) is 0 Å². The molecule has 1 aromatic carbocycles. The molecule has 0 atom stereocenters. The number of aryl methyl sites for hydroxylation is 2. The molecule has 0 aliphatic carbocycles. The SMILES string of the molecule is Cc1ccc(CCNc2cc(C)c(C#N)c3nc4ccccc4n23)cn1. The van der Waals surface area contributed by atoms with Crippen LogP contribution in [-0.4, -0.2) is 20.9 Å². The van der Waals surface area contributed by atoms with Crippen molar-refractivity contribution < 1.29 is 0 Å². The third kappa shape index (κ3) is 2.76. The van der Waals surface area contributed by atoms with Crippen LogP contribution in [0.5, 0.6) is 0 Å². The molecule has 1 N–H and O–H groups in total.